The van der Waals surface area contributed by atoms with Gasteiger partial charge in [0, 0.05) is 17.0 Å². The highest BCUT2D eigenvalue weighted by atomic mass is 32.1. The minimum atomic E-state index is 0.453. The Kier molecular flexibility index (Phi) is 4.61. The van der Waals surface area contributed by atoms with Gasteiger partial charge in [0.2, 0.25) is 0 Å². The molecule has 0 saturated carbocycles. The molecule has 1 aromatic carbocycles. The van der Waals surface area contributed by atoms with E-state index >= 15 is 0 Å². The maximum absolute atomic E-state index is 5.39. The van der Waals surface area contributed by atoms with Crippen LogP contribution < -0.4 is 10.1 Å². The molecular formula is C18H23NOS. The maximum atomic E-state index is 5.39. The van der Waals surface area contributed by atoms with Gasteiger partial charge in [-0.1, -0.05) is 25.5 Å². The normalized spacial score (nSPS) is 18.5. The molecule has 0 saturated heterocycles. The molecule has 0 aliphatic heterocycles. The Morgan fingerprint density at radius 3 is 3.00 bits per heavy atom. The van der Waals surface area contributed by atoms with E-state index in [0.717, 1.165) is 5.75 Å². The van der Waals surface area contributed by atoms with Crippen LogP contribution in [0, 0.1) is 0 Å². The molecule has 0 bridgehead atoms. The van der Waals surface area contributed by atoms with Crippen molar-refractivity contribution in [3.05, 3.63) is 51.7 Å². The summed E-state index contributed by atoms with van der Waals surface area (Å²) in [6, 6.07) is 11.8. The van der Waals surface area contributed by atoms with Crippen molar-refractivity contribution in [1.29, 1.82) is 0 Å². The Hall–Kier alpha value is -1.32. The van der Waals surface area contributed by atoms with E-state index in [1.165, 1.54) is 41.7 Å². The molecule has 2 atom stereocenters. The molecule has 1 aromatic heterocycles. The summed E-state index contributed by atoms with van der Waals surface area (Å²) < 4.78 is 5.39. The molecule has 2 nitrogen and oxygen atoms in total. The van der Waals surface area contributed by atoms with E-state index < -0.39 is 0 Å². The van der Waals surface area contributed by atoms with Gasteiger partial charge in [0.25, 0.3) is 0 Å². The van der Waals surface area contributed by atoms with Crippen molar-refractivity contribution in [1.82, 2.24) is 5.32 Å². The fourth-order valence-electron chi connectivity index (χ4n) is 3.21. The SMILES string of the molecule is CCCC(NC1CCc2ccc(OC)cc21)c1cccs1. The van der Waals surface area contributed by atoms with E-state index in [1.54, 1.807) is 7.11 Å². The number of rotatable bonds is 6. The van der Waals surface area contributed by atoms with Gasteiger partial charge in [-0.25, -0.2) is 0 Å². The number of hydrogen-bond acceptors (Lipinski definition) is 3. The van der Waals surface area contributed by atoms with E-state index in [9.17, 15) is 0 Å². The lowest BCUT2D eigenvalue weighted by Gasteiger charge is -2.23. The van der Waals surface area contributed by atoms with Gasteiger partial charge >= 0.3 is 0 Å². The van der Waals surface area contributed by atoms with Crippen LogP contribution in [0.15, 0.2) is 35.7 Å². The molecule has 0 amide bonds. The smallest absolute Gasteiger partial charge is 0.119 e. The third kappa shape index (κ3) is 3.14. The summed E-state index contributed by atoms with van der Waals surface area (Å²) in [5.74, 6) is 0.964. The summed E-state index contributed by atoms with van der Waals surface area (Å²) in [4.78, 5) is 1.45. The molecular weight excluding hydrogens is 278 g/mol. The fraction of sp³-hybridized carbons (Fsp3) is 0.444. The van der Waals surface area contributed by atoms with E-state index in [0.29, 0.717) is 12.1 Å². The van der Waals surface area contributed by atoms with Crippen molar-refractivity contribution >= 4 is 11.3 Å². The predicted molar refractivity (Wildman–Crippen MR) is 89.2 cm³/mol. The largest absolute Gasteiger partial charge is 0.497 e. The number of methoxy groups -OCH3 is 1. The Morgan fingerprint density at radius 2 is 2.29 bits per heavy atom. The topological polar surface area (TPSA) is 21.3 Å². The molecule has 1 N–H and O–H groups in total. The van der Waals surface area contributed by atoms with Gasteiger partial charge in [-0.2, -0.15) is 0 Å². The van der Waals surface area contributed by atoms with Gasteiger partial charge in [0.05, 0.1) is 7.11 Å². The van der Waals surface area contributed by atoms with Crippen LogP contribution in [0.4, 0.5) is 0 Å². The third-order valence-corrected chi connectivity index (χ3v) is 5.28. The van der Waals surface area contributed by atoms with Gasteiger partial charge in [0.1, 0.15) is 5.75 Å². The molecule has 0 radical (unpaired) electrons. The van der Waals surface area contributed by atoms with Crippen LogP contribution in [0.3, 0.4) is 0 Å². The lowest BCUT2D eigenvalue weighted by atomic mass is 10.0. The molecule has 3 rings (SSSR count). The molecule has 1 heterocycles. The monoisotopic (exact) mass is 301 g/mol. The summed E-state index contributed by atoms with van der Waals surface area (Å²) in [5, 5.41) is 6.05. The molecule has 3 heteroatoms. The number of hydrogen-bond donors (Lipinski definition) is 1. The third-order valence-electron chi connectivity index (χ3n) is 4.30. The molecule has 1 aliphatic rings. The zero-order chi connectivity index (χ0) is 14.7. The van der Waals surface area contributed by atoms with Crippen LogP contribution in [-0.2, 0) is 6.42 Å². The van der Waals surface area contributed by atoms with Crippen molar-refractivity contribution in [3.63, 3.8) is 0 Å². The predicted octanol–water partition coefficient (Wildman–Crippen LogP) is 4.88. The van der Waals surface area contributed by atoms with Crippen LogP contribution in [0.25, 0.3) is 0 Å². The highest BCUT2D eigenvalue weighted by Crippen LogP contribution is 2.36. The summed E-state index contributed by atoms with van der Waals surface area (Å²) in [7, 11) is 1.74. The van der Waals surface area contributed by atoms with Crippen LogP contribution >= 0.6 is 11.3 Å². The van der Waals surface area contributed by atoms with E-state index in [-0.39, 0.29) is 0 Å². The molecule has 112 valence electrons. The minimum absolute atomic E-state index is 0.453. The molecule has 21 heavy (non-hydrogen) atoms. The highest BCUT2D eigenvalue weighted by molar-refractivity contribution is 7.10. The van der Waals surface area contributed by atoms with Gasteiger partial charge in [-0.3, -0.25) is 0 Å². The number of nitrogens with one attached hydrogen (secondary N) is 1. The summed E-state index contributed by atoms with van der Waals surface area (Å²) in [6.07, 6.45) is 4.75. The maximum Gasteiger partial charge on any atom is 0.119 e. The molecule has 2 unspecified atom stereocenters. The Morgan fingerprint density at radius 1 is 1.38 bits per heavy atom. The van der Waals surface area contributed by atoms with Crippen LogP contribution in [0.1, 0.15) is 54.3 Å². The van der Waals surface area contributed by atoms with Crippen LogP contribution in [0.2, 0.25) is 0 Å². The summed E-state index contributed by atoms with van der Waals surface area (Å²) in [6.45, 7) is 2.26. The van der Waals surface area contributed by atoms with E-state index in [1.807, 2.05) is 11.3 Å². The standard InChI is InChI=1S/C18H23NOS/c1-3-5-17(18-6-4-11-21-18)19-16-10-8-13-7-9-14(20-2)12-15(13)16/h4,6-7,9,11-12,16-17,19H,3,5,8,10H2,1-2H3. The number of benzene rings is 1. The van der Waals surface area contributed by atoms with Gasteiger partial charge in [-0.15, -0.1) is 11.3 Å². The first kappa shape index (κ1) is 14.6. The highest BCUT2D eigenvalue weighted by Gasteiger charge is 2.25. The summed E-state index contributed by atoms with van der Waals surface area (Å²) in [5.41, 5.74) is 2.89. The zero-order valence-electron chi connectivity index (χ0n) is 12.8. The van der Waals surface area contributed by atoms with Gasteiger partial charge < -0.3 is 10.1 Å². The van der Waals surface area contributed by atoms with Gasteiger partial charge in [-0.05, 0) is 54.0 Å². The molecule has 0 fully saturated rings. The Bertz CT molecular complexity index is 579. The van der Waals surface area contributed by atoms with Crippen molar-refractivity contribution in [2.45, 2.75) is 44.7 Å². The average molecular weight is 301 g/mol. The Balaban J connectivity index is 1.79. The van der Waals surface area contributed by atoms with Crippen molar-refractivity contribution in [3.8, 4) is 5.75 Å². The van der Waals surface area contributed by atoms with E-state index in [2.05, 4.69) is 48.0 Å². The fourth-order valence-corrected chi connectivity index (χ4v) is 4.03. The van der Waals surface area contributed by atoms with Crippen molar-refractivity contribution < 1.29 is 4.74 Å². The molecule has 2 aromatic rings. The molecule has 1 aliphatic carbocycles. The molecule has 0 spiro atoms. The van der Waals surface area contributed by atoms with Crippen molar-refractivity contribution in [2.24, 2.45) is 0 Å². The summed E-state index contributed by atoms with van der Waals surface area (Å²) >= 11 is 1.86. The second kappa shape index (κ2) is 6.63. The quantitative estimate of drug-likeness (QED) is 0.821. The zero-order valence-corrected chi connectivity index (χ0v) is 13.6. The number of fused-ring (bicyclic) bond motifs is 1. The minimum Gasteiger partial charge on any atom is -0.497 e. The second-order valence-corrected chi connectivity index (χ2v) is 6.66. The number of aryl methyl sites for hydroxylation is 1. The van der Waals surface area contributed by atoms with Gasteiger partial charge in [0.15, 0.2) is 0 Å². The first-order valence-corrected chi connectivity index (χ1v) is 8.66. The average Bonchev–Trinajstić information content (AvgIpc) is 3.16. The number of thiophene rings is 1. The lowest BCUT2D eigenvalue weighted by molar-refractivity contribution is 0.408. The number of ether oxygens (including phenoxy) is 1. The first-order valence-electron chi connectivity index (χ1n) is 7.78. The van der Waals surface area contributed by atoms with Crippen LogP contribution in [-0.4, -0.2) is 7.11 Å². The first-order chi connectivity index (χ1) is 10.3. The Labute approximate surface area is 131 Å². The van der Waals surface area contributed by atoms with Crippen molar-refractivity contribution in [2.75, 3.05) is 7.11 Å². The van der Waals surface area contributed by atoms with Crippen LogP contribution in [0.5, 0.6) is 5.75 Å². The van der Waals surface area contributed by atoms with E-state index in [4.69, 9.17) is 4.74 Å². The lowest BCUT2D eigenvalue weighted by Crippen LogP contribution is -2.24. The second-order valence-electron chi connectivity index (χ2n) is 5.68.